The summed E-state index contributed by atoms with van der Waals surface area (Å²) in [6.45, 7) is 6.43. The van der Waals surface area contributed by atoms with E-state index in [1.807, 2.05) is 30.9 Å². The van der Waals surface area contributed by atoms with E-state index < -0.39 is 10.0 Å². The van der Waals surface area contributed by atoms with Crippen molar-refractivity contribution in [3.8, 4) is 11.5 Å². The van der Waals surface area contributed by atoms with Gasteiger partial charge in [0, 0.05) is 38.4 Å². The summed E-state index contributed by atoms with van der Waals surface area (Å²) < 4.78 is 38.8. The summed E-state index contributed by atoms with van der Waals surface area (Å²) in [6.07, 6.45) is 1.62. The van der Waals surface area contributed by atoms with Crippen LogP contribution in [0.5, 0.6) is 11.5 Å². The predicted molar refractivity (Wildman–Crippen MR) is 102 cm³/mol. The number of hydrogen-bond donors (Lipinski definition) is 0. The zero-order valence-corrected chi connectivity index (χ0v) is 16.4. The third-order valence-corrected chi connectivity index (χ3v) is 6.20. The molecule has 0 radical (unpaired) electrons. The minimum Gasteiger partial charge on any atom is -0.494 e. The second-order valence-electron chi connectivity index (χ2n) is 5.95. The molecular formula is C18H24N4O4S. The lowest BCUT2D eigenvalue weighted by Crippen LogP contribution is -2.49. The predicted octanol–water partition coefficient (Wildman–Crippen LogP) is 1.78. The van der Waals surface area contributed by atoms with Gasteiger partial charge in [0.1, 0.15) is 16.4 Å². The van der Waals surface area contributed by atoms with Gasteiger partial charge in [-0.05, 0) is 38.1 Å². The molecule has 0 unspecified atom stereocenters. The Morgan fingerprint density at radius 2 is 1.78 bits per heavy atom. The van der Waals surface area contributed by atoms with Gasteiger partial charge in [-0.25, -0.2) is 8.42 Å². The van der Waals surface area contributed by atoms with Gasteiger partial charge >= 0.3 is 0 Å². The quantitative estimate of drug-likeness (QED) is 0.710. The molecule has 0 bridgehead atoms. The Labute approximate surface area is 159 Å². The highest BCUT2D eigenvalue weighted by molar-refractivity contribution is 7.89. The molecule has 1 saturated heterocycles. The summed E-state index contributed by atoms with van der Waals surface area (Å²) in [5.41, 5.74) is 0. The van der Waals surface area contributed by atoms with Crippen molar-refractivity contribution in [1.29, 1.82) is 0 Å². The van der Waals surface area contributed by atoms with Crippen LogP contribution in [0.2, 0.25) is 0 Å². The Morgan fingerprint density at radius 3 is 2.41 bits per heavy atom. The molecule has 0 aliphatic carbocycles. The van der Waals surface area contributed by atoms with Crippen LogP contribution in [0.25, 0.3) is 0 Å². The van der Waals surface area contributed by atoms with Gasteiger partial charge in [0.05, 0.1) is 13.2 Å². The number of ether oxygens (including phenoxy) is 2. The highest BCUT2D eigenvalue weighted by Gasteiger charge is 2.31. The molecule has 0 atom stereocenters. The molecule has 0 amide bonds. The fourth-order valence-corrected chi connectivity index (χ4v) is 4.52. The number of anilines is 1. The first-order valence-corrected chi connectivity index (χ1v) is 10.4. The van der Waals surface area contributed by atoms with Gasteiger partial charge in [0.2, 0.25) is 10.0 Å². The summed E-state index contributed by atoms with van der Waals surface area (Å²) in [6, 6.07) is 8.54. The van der Waals surface area contributed by atoms with E-state index in [9.17, 15) is 8.42 Å². The highest BCUT2D eigenvalue weighted by Crippen LogP contribution is 2.31. The number of aromatic nitrogens is 2. The number of piperazine rings is 1. The fourth-order valence-electron chi connectivity index (χ4n) is 2.98. The number of hydrogen-bond acceptors (Lipinski definition) is 7. The second kappa shape index (κ2) is 8.53. The van der Waals surface area contributed by atoms with Crippen LogP contribution in [-0.4, -0.2) is 62.3 Å². The molecule has 0 N–H and O–H groups in total. The molecule has 27 heavy (non-hydrogen) atoms. The first kappa shape index (κ1) is 19.4. The molecule has 1 fully saturated rings. The van der Waals surface area contributed by atoms with Gasteiger partial charge < -0.3 is 14.4 Å². The largest absolute Gasteiger partial charge is 0.494 e. The van der Waals surface area contributed by atoms with Crippen molar-refractivity contribution >= 4 is 15.8 Å². The topological polar surface area (TPSA) is 84.9 Å². The van der Waals surface area contributed by atoms with Gasteiger partial charge in [-0.15, -0.1) is 5.10 Å². The molecule has 8 nitrogen and oxygen atoms in total. The summed E-state index contributed by atoms with van der Waals surface area (Å²) in [7, 11) is -3.66. The Bertz CT molecular complexity index is 853. The highest BCUT2D eigenvalue weighted by atomic mass is 32.2. The fraction of sp³-hybridized carbons (Fsp3) is 0.444. The van der Waals surface area contributed by atoms with Crippen LogP contribution in [-0.2, 0) is 10.0 Å². The van der Waals surface area contributed by atoms with Crippen LogP contribution >= 0.6 is 0 Å². The summed E-state index contributed by atoms with van der Waals surface area (Å²) in [5.74, 6) is 1.66. The average molecular weight is 392 g/mol. The standard InChI is InChI=1S/C18H24N4O4S/c1-3-25-15-7-8-17(16(14-15)26-4-2)27(23,24)22-12-10-21(11-13-22)18-6-5-9-19-20-18/h5-9,14H,3-4,10-13H2,1-2H3. The van der Waals surface area contributed by atoms with Crippen molar-refractivity contribution in [3.63, 3.8) is 0 Å². The number of sulfonamides is 1. The Morgan fingerprint density at radius 1 is 1.04 bits per heavy atom. The Hall–Kier alpha value is -2.39. The molecule has 2 heterocycles. The van der Waals surface area contributed by atoms with Crippen LogP contribution in [0, 0.1) is 0 Å². The minimum absolute atomic E-state index is 0.167. The molecule has 3 rings (SSSR count). The van der Waals surface area contributed by atoms with Gasteiger partial charge in [-0.3, -0.25) is 0 Å². The first-order valence-electron chi connectivity index (χ1n) is 8.98. The smallest absolute Gasteiger partial charge is 0.246 e. The Balaban J connectivity index is 1.78. The van der Waals surface area contributed by atoms with Crippen LogP contribution < -0.4 is 14.4 Å². The normalized spacial score (nSPS) is 15.6. The van der Waals surface area contributed by atoms with Crippen molar-refractivity contribution in [3.05, 3.63) is 36.5 Å². The second-order valence-corrected chi connectivity index (χ2v) is 7.85. The maximum Gasteiger partial charge on any atom is 0.246 e. The third kappa shape index (κ3) is 4.30. The van der Waals surface area contributed by atoms with E-state index in [0.717, 1.165) is 5.82 Å². The number of rotatable bonds is 7. The first-order chi connectivity index (χ1) is 13.1. The SMILES string of the molecule is CCOc1ccc(S(=O)(=O)N2CCN(c3cccnn3)CC2)c(OCC)c1. The van der Waals surface area contributed by atoms with E-state index in [4.69, 9.17) is 9.47 Å². The zero-order valence-electron chi connectivity index (χ0n) is 15.5. The van der Waals surface area contributed by atoms with Crippen LogP contribution in [0.3, 0.4) is 0 Å². The average Bonchev–Trinajstić information content (AvgIpc) is 2.69. The van der Waals surface area contributed by atoms with E-state index in [1.54, 1.807) is 24.4 Å². The van der Waals surface area contributed by atoms with Crippen molar-refractivity contribution in [2.45, 2.75) is 18.7 Å². The Kier molecular flexibility index (Phi) is 6.12. The molecule has 146 valence electrons. The van der Waals surface area contributed by atoms with Gasteiger partial charge in [-0.2, -0.15) is 9.40 Å². The van der Waals surface area contributed by atoms with Gasteiger partial charge in [0.15, 0.2) is 5.82 Å². The van der Waals surface area contributed by atoms with E-state index >= 15 is 0 Å². The lowest BCUT2D eigenvalue weighted by atomic mass is 10.3. The third-order valence-electron chi connectivity index (χ3n) is 4.26. The van der Waals surface area contributed by atoms with E-state index in [-0.39, 0.29) is 4.90 Å². The summed E-state index contributed by atoms with van der Waals surface area (Å²) in [4.78, 5) is 2.20. The van der Waals surface area contributed by atoms with E-state index in [2.05, 4.69) is 10.2 Å². The lowest BCUT2D eigenvalue weighted by molar-refractivity contribution is 0.314. The molecule has 1 aromatic carbocycles. The summed E-state index contributed by atoms with van der Waals surface area (Å²) in [5, 5.41) is 7.97. The molecule has 1 aromatic heterocycles. The molecule has 1 aliphatic rings. The lowest BCUT2D eigenvalue weighted by Gasteiger charge is -2.34. The number of benzene rings is 1. The van der Waals surface area contributed by atoms with Gasteiger partial charge in [0.25, 0.3) is 0 Å². The monoisotopic (exact) mass is 392 g/mol. The molecule has 2 aromatic rings. The van der Waals surface area contributed by atoms with Crippen molar-refractivity contribution in [2.75, 3.05) is 44.3 Å². The zero-order chi connectivity index (χ0) is 19.3. The van der Waals surface area contributed by atoms with E-state index in [0.29, 0.717) is 50.9 Å². The van der Waals surface area contributed by atoms with Crippen LogP contribution in [0.4, 0.5) is 5.82 Å². The summed E-state index contributed by atoms with van der Waals surface area (Å²) >= 11 is 0. The maximum absolute atomic E-state index is 13.2. The van der Waals surface area contributed by atoms with E-state index in [1.165, 1.54) is 4.31 Å². The molecule has 1 aliphatic heterocycles. The molecule has 0 saturated carbocycles. The number of nitrogens with zero attached hydrogens (tertiary/aromatic N) is 4. The van der Waals surface area contributed by atoms with Crippen molar-refractivity contribution < 1.29 is 17.9 Å². The van der Waals surface area contributed by atoms with Crippen LogP contribution in [0.1, 0.15) is 13.8 Å². The van der Waals surface area contributed by atoms with Crippen LogP contribution in [0.15, 0.2) is 41.4 Å². The molecule has 0 spiro atoms. The van der Waals surface area contributed by atoms with Crippen molar-refractivity contribution in [1.82, 2.24) is 14.5 Å². The molecular weight excluding hydrogens is 368 g/mol. The van der Waals surface area contributed by atoms with Crippen molar-refractivity contribution in [2.24, 2.45) is 0 Å². The maximum atomic E-state index is 13.2. The molecule has 9 heteroatoms. The minimum atomic E-state index is -3.66. The van der Waals surface area contributed by atoms with Gasteiger partial charge in [-0.1, -0.05) is 0 Å².